The topological polar surface area (TPSA) is 64.3 Å². The van der Waals surface area contributed by atoms with Crippen molar-refractivity contribution in [1.82, 2.24) is 9.13 Å². The zero-order chi connectivity index (χ0) is 37.1. The Morgan fingerprint density at radius 3 is 1.75 bits per heavy atom. The summed E-state index contributed by atoms with van der Waals surface area (Å²) in [5.41, 5.74) is 12.2. The van der Waals surface area contributed by atoms with Crippen molar-refractivity contribution in [1.29, 1.82) is 5.26 Å². The van der Waals surface area contributed by atoms with Crippen molar-refractivity contribution in [2.75, 3.05) is 0 Å². The number of rotatable bonds is 3. The molecule has 56 heavy (non-hydrogen) atoms. The molecule has 0 fully saturated rings. The van der Waals surface area contributed by atoms with Crippen molar-refractivity contribution in [2.45, 2.75) is 0 Å². The second-order valence-electron chi connectivity index (χ2n) is 14.3. The number of para-hydroxylation sites is 3. The van der Waals surface area contributed by atoms with E-state index in [0.29, 0.717) is 11.3 Å². The average Bonchev–Trinajstić information content (AvgIpc) is 4.00. The minimum absolute atomic E-state index is 0.546. The van der Waals surface area contributed by atoms with Gasteiger partial charge < -0.3 is 18.0 Å². The average molecular weight is 715 g/mol. The first-order chi connectivity index (χ1) is 27.7. The summed E-state index contributed by atoms with van der Waals surface area (Å²) >= 11 is 0. The van der Waals surface area contributed by atoms with Gasteiger partial charge in [0.05, 0.1) is 45.7 Å². The van der Waals surface area contributed by atoms with Gasteiger partial charge in [0, 0.05) is 49.1 Å². The lowest BCUT2D eigenvalue weighted by Crippen LogP contribution is -1.97. The van der Waals surface area contributed by atoms with Gasteiger partial charge in [-0.05, 0) is 96.1 Å². The van der Waals surface area contributed by atoms with E-state index < -0.39 is 0 Å². The van der Waals surface area contributed by atoms with Crippen molar-refractivity contribution in [3.05, 3.63) is 175 Å². The molecule has 0 bridgehead atoms. The number of nitriles is 1. The van der Waals surface area contributed by atoms with Crippen LogP contribution in [-0.4, -0.2) is 9.13 Å². The Morgan fingerprint density at radius 1 is 0.464 bits per heavy atom. The third-order valence-corrected chi connectivity index (χ3v) is 11.3. The van der Waals surface area contributed by atoms with Gasteiger partial charge in [-0.3, -0.25) is 0 Å². The van der Waals surface area contributed by atoms with Crippen molar-refractivity contribution < 1.29 is 8.83 Å². The summed E-state index contributed by atoms with van der Waals surface area (Å²) in [7, 11) is 0. The summed E-state index contributed by atoms with van der Waals surface area (Å²) in [6.45, 7) is 7.79. The number of benzene rings is 8. The van der Waals surface area contributed by atoms with Crippen LogP contribution in [0, 0.1) is 17.9 Å². The van der Waals surface area contributed by atoms with E-state index in [1.54, 1.807) is 0 Å². The molecule has 0 unspecified atom stereocenters. The number of furan rings is 2. The van der Waals surface area contributed by atoms with Crippen LogP contribution in [0.1, 0.15) is 5.56 Å². The maximum atomic E-state index is 10.4. The second-order valence-corrected chi connectivity index (χ2v) is 14.3. The lowest BCUT2D eigenvalue weighted by Gasteiger charge is -2.13. The first kappa shape index (κ1) is 30.4. The van der Waals surface area contributed by atoms with Gasteiger partial charge in [-0.25, -0.2) is 4.85 Å². The highest BCUT2D eigenvalue weighted by molar-refractivity contribution is 6.25. The number of hydrogen-bond acceptors (Lipinski definition) is 3. The van der Waals surface area contributed by atoms with Crippen molar-refractivity contribution in [2.24, 2.45) is 0 Å². The van der Waals surface area contributed by atoms with Crippen LogP contribution in [0.4, 0.5) is 5.69 Å². The zero-order valence-corrected chi connectivity index (χ0v) is 29.6. The molecule has 258 valence electrons. The van der Waals surface area contributed by atoms with Gasteiger partial charge in [0.1, 0.15) is 22.3 Å². The van der Waals surface area contributed by atoms with Gasteiger partial charge in [-0.15, -0.1) is 0 Å². The van der Waals surface area contributed by atoms with Crippen LogP contribution in [-0.2, 0) is 0 Å². The van der Waals surface area contributed by atoms with E-state index in [4.69, 9.17) is 15.4 Å². The highest BCUT2D eigenvalue weighted by Gasteiger charge is 2.21. The predicted molar refractivity (Wildman–Crippen MR) is 226 cm³/mol. The van der Waals surface area contributed by atoms with Crippen LogP contribution < -0.4 is 0 Å². The fraction of sp³-hybridized carbons (Fsp3) is 0. The fourth-order valence-electron chi connectivity index (χ4n) is 8.93. The number of aromatic nitrogens is 2. The molecule has 0 spiro atoms. The molecule has 8 aromatic carbocycles. The molecule has 0 aliphatic carbocycles. The Morgan fingerprint density at radius 2 is 1.05 bits per heavy atom. The van der Waals surface area contributed by atoms with Gasteiger partial charge in [0.25, 0.3) is 0 Å². The summed E-state index contributed by atoms with van der Waals surface area (Å²) in [5, 5.41) is 18.8. The molecule has 6 nitrogen and oxygen atoms in total. The Balaban J connectivity index is 1.08. The van der Waals surface area contributed by atoms with Crippen LogP contribution in [0.2, 0.25) is 0 Å². The molecule has 4 heterocycles. The minimum atomic E-state index is 0.546. The molecule has 0 saturated carbocycles. The molecule has 4 aromatic heterocycles. The van der Waals surface area contributed by atoms with Gasteiger partial charge in [-0.2, -0.15) is 5.26 Å². The molecule has 0 amide bonds. The van der Waals surface area contributed by atoms with E-state index in [9.17, 15) is 5.26 Å². The van der Waals surface area contributed by atoms with E-state index in [1.165, 1.54) is 0 Å². The van der Waals surface area contributed by atoms with Crippen LogP contribution in [0.3, 0.4) is 0 Å². The summed E-state index contributed by atoms with van der Waals surface area (Å²) < 4.78 is 17.6. The maximum Gasteiger partial charge on any atom is 0.188 e. The highest BCUT2D eigenvalue weighted by Crippen LogP contribution is 2.43. The van der Waals surface area contributed by atoms with Crippen molar-refractivity contribution in [3.8, 4) is 28.6 Å². The maximum absolute atomic E-state index is 10.4. The Labute approximate surface area is 318 Å². The summed E-state index contributed by atoms with van der Waals surface area (Å²) in [6, 6.07) is 56.1. The van der Waals surface area contributed by atoms with Crippen molar-refractivity contribution >= 4 is 93.2 Å². The van der Waals surface area contributed by atoms with E-state index in [-0.39, 0.29) is 0 Å². The summed E-state index contributed by atoms with van der Waals surface area (Å²) in [6.07, 6.45) is 0. The smallest absolute Gasteiger partial charge is 0.188 e. The fourth-order valence-corrected chi connectivity index (χ4v) is 8.93. The molecule has 0 saturated heterocycles. The first-order valence-electron chi connectivity index (χ1n) is 18.4. The number of nitrogens with zero attached hydrogens (tertiary/aromatic N) is 4. The number of fused-ring (bicyclic) bond motifs is 14. The van der Waals surface area contributed by atoms with Gasteiger partial charge in [-0.1, -0.05) is 72.8 Å². The quantitative estimate of drug-likeness (QED) is 0.171. The summed E-state index contributed by atoms with van der Waals surface area (Å²) in [4.78, 5) is 3.77. The van der Waals surface area contributed by atoms with Crippen LogP contribution in [0.15, 0.2) is 167 Å². The molecule has 12 rings (SSSR count). The van der Waals surface area contributed by atoms with Gasteiger partial charge >= 0.3 is 0 Å². The molecular formula is C50H26N4O2. The third-order valence-electron chi connectivity index (χ3n) is 11.3. The monoisotopic (exact) mass is 714 g/mol. The van der Waals surface area contributed by atoms with E-state index >= 15 is 0 Å². The minimum Gasteiger partial charge on any atom is -0.455 e. The Hall–Kier alpha value is -8.06. The molecule has 0 radical (unpaired) electrons. The van der Waals surface area contributed by atoms with Gasteiger partial charge in [0.15, 0.2) is 5.69 Å². The molecule has 0 aliphatic rings. The Bertz CT molecular complexity index is 3750. The molecule has 6 heteroatoms. The molecule has 12 aromatic rings. The summed E-state index contributed by atoms with van der Waals surface area (Å²) in [5.74, 6) is 0. The van der Waals surface area contributed by atoms with Gasteiger partial charge in [0.2, 0.25) is 0 Å². The third kappa shape index (κ3) is 4.13. The predicted octanol–water partition coefficient (Wildman–Crippen LogP) is 13.8. The largest absolute Gasteiger partial charge is 0.455 e. The van der Waals surface area contributed by atoms with E-state index in [2.05, 4.69) is 117 Å². The van der Waals surface area contributed by atoms with Crippen molar-refractivity contribution in [3.63, 3.8) is 0 Å². The van der Waals surface area contributed by atoms with Crippen LogP contribution in [0.25, 0.3) is 115 Å². The first-order valence-corrected chi connectivity index (χ1v) is 18.4. The second kappa shape index (κ2) is 11.2. The normalized spacial score (nSPS) is 11.9. The number of hydrogen-bond donors (Lipinski definition) is 0. The Kier molecular flexibility index (Phi) is 6.10. The van der Waals surface area contributed by atoms with Crippen LogP contribution >= 0.6 is 0 Å². The SMILES string of the molecule is [C-]#[N+]c1ccc2c(c1)c1c3oc4ccccc4c3ccc1n2-c1cc(C#N)cc(-c2cccc(-n3c4ccccc4c4c5oc6ccccc6c5ccc43)c2)c1. The molecule has 0 N–H and O–H groups in total. The van der Waals surface area contributed by atoms with Crippen LogP contribution in [0.5, 0.6) is 0 Å². The molecule has 0 aliphatic heterocycles. The molecular weight excluding hydrogens is 689 g/mol. The van der Waals surface area contributed by atoms with E-state index in [0.717, 1.165) is 110 Å². The molecule has 0 atom stereocenters. The lowest BCUT2D eigenvalue weighted by molar-refractivity contribution is 0.672. The van der Waals surface area contributed by atoms with E-state index in [1.807, 2.05) is 60.7 Å². The standard InChI is InChI=1S/C50H26N4O2/c1-52-32-17-20-42-40(27-32)48-44(22-19-38-36-12-4-7-16-46(36)56-50(38)48)54(42)34-24-29(28-51)23-31(26-34)30-9-8-10-33(25-30)53-41-14-5-2-13-39(41)47-43(53)21-18-37-35-11-3-6-15-45(35)55-49(37)47/h2-27H. The lowest BCUT2D eigenvalue weighted by atomic mass is 10.0. The zero-order valence-electron chi connectivity index (χ0n) is 29.6. The highest BCUT2D eigenvalue weighted by atomic mass is 16.3.